The van der Waals surface area contributed by atoms with E-state index in [-0.39, 0.29) is 12.5 Å². The third-order valence-corrected chi connectivity index (χ3v) is 3.22. The second-order valence-electron chi connectivity index (χ2n) is 5.03. The highest BCUT2D eigenvalue weighted by molar-refractivity contribution is 5.89. The van der Waals surface area contributed by atoms with E-state index in [0.29, 0.717) is 17.2 Å². The first-order valence-electron chi connectivity index (χ1n) is 6.59. The summed E-state index contributed by atoms with van der Waals surface area (Å²) in [6, 6.07) is 6.46. The Kier molecular flexibility index (Phi) is 4.40. The highest BCUT2D eigenvalue weighted by Gasteiger charge is 2.22. The lowest BCUT2D eigenvalue weighted by molar-refractivity contribution is -0.136. The third kappa shape index (κ3) is 4.42. The number of carboxylic acids is 1. The first kappa shape index (κ1) is 14.1. The number of benzene rings is 1. The molecule has 5 nitrogen and oxygen atoms in total. The molecular weight excluding hydrogens is 256 g/mol. The van der Waals surface area contributed by atoms with Crippen LogP contribution in [-0.2, 0) is 11.2 Å². The molecule has 0 unspecified atom stereocenters. The average Bonchev–Trinajstić information content (AvgIpc) is 3.22. The van der Waals surface area contributed by atoms with Gasteiger partial charge in [0.05, 0.1) is 6.42 Å². The van der Waals surface area contributed by atoms with Crippen molar-refractivity contribution in [2.45, 2.75) is 26.2 Å². The molecule has 1 aliphatic carbocycles. The topological polar surface area (TPSA) is 78.4 Å². The number of aliphatic carboxylic acids is 1. The molecule has 5 heteroatoms. The Morgan fingerprint density at radius 2 is 1.95 bits per heavy atom. The van der Waals surface area contributed by atoms with E-state index in [1.54, 1.807) is 30.5 Å². The van der Waals surface area contributed by atoms with Gasteiger partial charge < -0.3 is 15.7 Å². The number of allylic oxidation sites excluding steroid dienone is 1. The molecule has 0 aliphatic heterocycles. The van der Waals surface area contributed by atoms with Crippen LogP contribution in [0.25, 0.3) is 0 Å². The summed E-state index contributed by atoms with van der Waals surface area (Å²) in [7, 11) is 0. The molecule has 20 heavy (non-hydrogen) atoms. The van der Waals surface area contributed by atoms with Crippen molar-refractivity contribution in [3.05, 3.63) is 41.6 Å². The van der Waals surface area contributed by atoms with Gasteiger partial charge in [0, 0.05) is 11.9 Å². The smallest absolute Gasteiger partial charge is 0.323 e. The standard InChI is InChI=1S/C15H18N2O3/c1-10(12-4-5-12)9-16-15(20)17-13-6-2-11(3-7-13)8-14(18)19/h2-3,6-7,9,12H,4-5,8H2,1H3,(H,18,19)(H2,16,17,20)/b10-9+. The molecule has 2 rings (SSSR count). The minimum absolute atomic E-state index is 0.0181. The average molecular weight is 274 g/mol. The van der Waals surface area contributed by atoms with Gasteiger partial charge >= 0.3 is 12.0 Å². The maximum absolute atomic E-state index is 11.7. The highest BCUT2D eigenvalue weighted by atomic mass is 16.4. The number of carbonyl (C=O) groups excluding carboxylic acids is 1. The molecule has 106 valence electrons. The zero-order chi connectivity index (χ0) is 14.5. The van der Waals surface area contributed by atoms with Gasteiger partial charge in [0.2, 0.25) is 0 Å². The molecule has 0 aromatic heterocycles. The SMILES string of the molecule is C/C(=C\NC(=O)Nc1ccc(CC(=O)O)cc1)C1CC1. The van der Waals surface area contributed by atoms with Crippen molar-refractivity contribution in [2.24, 2.45) is 5.92 Å². The predicted molar refractivity (Wildman–Crippen MR) is 76.4 cm³/mol. The molecular formula is C15H18N2O3. The summed E-state index contributed by atoms with van der Waals surface area (Å²) in [6.45, 7) is 2.01. The van der Waals surface area contributed by atoms with E-state index >= 15 is 0 Å². The predicted octanol–water partition coefficient (Wildman–Crippen LogP) is 2.75. The van der Waals surface area contributed by atoms with Gasteiger partial charge in [-0.1, -0.05) is 17.7 Å². The second kappa shape index (κ2) is 6.23. The Labute approximate surface area is 117 Å². The van der Waals surface area contributed by atoms with Crippen molar-refractivity contribution >= 4 is 17.7 Å². The first-order valence-corrected chi connectivity index (χ1v) is 6.59. The molecule has 2 amide bonds. The Hall–Kier alpha value is -2.30. The van der Waals surface area contributed by atoms with Crippen LogP contribution < -0.4 is 10.6 Å². The molecule has 0 radical (unpaired) electrons. The molecule has 1 aliphatic rings. The Balaban J connectivity index is 1.84. The minimum atomic E-state index is -0.871. The molecule has 0 bridgehead atoms. The molecule has 0 atom stereocenters. The van der Waals surface area contributed by atoms with Crippen molar-refractivity contribution in [3.63, 3.8) is 0 Å². The monoisotopic (exact) mass is 274 g/mol. The summed E-state index contributed by atoms with van der Waals surface area (Å²) < 4.78 is 0. The second-order valence-corrected chi connectivity index (χ2v) is 5.03. The van der Waals surface area contributed by atoms with Crippen molar-refractivity contribution < 1.29 is 14.7 Å². The number of nitrogens with one attached hydrogen (secondary N) is 2. The Bertz CT molecular complexity index is 531. The van der Waals surface area contributed by atoms with Gasteiger partial charge in [-0.25, -0.2) is 4.79 Å². The summed E-state index contributed by atoms with van der Waals surface area (Å²) in [5.41, 5.74) is 2.53. The number of hydrogen-bond donors (Lipinski definition) is 3. The maximum atomic E-state index is 11.7. The lowest BCUT2D eigenvalue weighted by atomic mass is 10.1. The molecule has 3 N–H and O–H groups in total. The lowest BCUT2D eigenvalue weighted by Crippen LogP contribution is -2.24. The first-order chi connectivity index (χ1) is 9.54. The fraction of sp³-hybridized carbons (Fsp3) is 0.333. The van der Waals surface area contributed by atoms with Crippen molar-refractivity contribution in [1.29, 1.82) is 0 Å². The van der Waals surface area contributed by atoms with Gasteiger partial charge in [0.15, 0.2) is 0 Å². The third-order valence-electron chi connectivity index (χ3n) is 3.22. The zero-order valence-corrected chi connectivity index (χ0v) is 11.3. The molecule has 1 saturated carbocycles. The van der Waals surface area contributed by atoms with Crippen LogP contribution in [0, 0.1) is 5.92 Å². The Morgan fingerprint density at radius 1 is 1.30 bits per heavy atom. The number of carbonyl (C=O) groups is 2. The molecule has 1 aromatic rings. The summed E-state index contributed by atoms with van der Waals surface area (Å²) in [6.07, 6.45) is 4.13. The molecule has 0 heterocycles. The van der Waals surface area contributed by atoms with Crippen LogP contribution in [0.3, 0.4) is 0 Å². The normalized spacial score (nSPS) is 14.8. The van der Waals surface area contributed by atoms with E-state index in [1.807, 2.05) is 6.92 Å². The number of rotatable bonds is 5. The van der Waals surface area contributed by atoms with Crippen LogP contribution in [-0.4, -0.2) is 17.1 Å². The van der Waals surface area contributed by atoms with Crippen LogP contribution in [0.4, 0.5) is 10.5 Å². The number of anilines is 1. The number of urea groups is 1. The van der Waals surface area contributed by atoms with Gasteiger partial charge in [0.25, 0.3) is 0 Å². The van der Waals surface area contributed by atoms with E-state index in [0.717, 1.165) is 0 Å². The van der Waals surface area contributed by atoms with Crippen LogP contribution in [0.1, 0.15) is 25.3 Å². The fourth-order valence-corrected chi connectivity index (χ4v) is 1.88. The van der Waals surface area contributed by atoms with Crippen molar-refractivity contribution in [3.8, 4) is 0 Å². The number of amides is 2. The van der Waals surface area contributed by atoms with E-state index < -0.39 is 5.97 Å². The number of hydrogen-bond acceptors (Lipinski definition) is 2. The highest BCUT2D eigenvalue weighted by Crippen LogP contribution is 2.35. The van der Waals surface area contributed by atoms with Gasteiger partial charge in [-0.05, 0) is 43.4 Å². The van der Waals surface area contributed by atoms with Gasteiger partial charge in [0.1, 0.15) is 0 Å². The fourth-order valence-electron chi connectivity index (χ4n) is 1.88. The lowest BCUT2D eigenvalue weighted by Gasteiger charge is -2.06. The quantitative estimate of drug-likeness (QED) is 0.772. The summed E-state index contributed by atoms with van der Waals surface area (Å²) in [5, 5.41) is 14.1. The van der Waals surface area contributed by atoms with Crippen LogP contribution in [0.2, 0.25) is 0 Å². The van der Waals surface area contributed by atoms with Gasteiger partial charge in [-0.2, -0.15) is 0 Å². The van der Waals surface area contributed by atoms with E-state index in [2.05, 4.69) is 10.6 Å². The van der Waals surface area contributed by atoms with E-state index in [4.69, 9.17) is 5.11 Å². The van der Waals surface area contributed by atoms with Crippen LogP contribution in [0.5, 0.6) is 0 Å². The minimum Gasteiger partial charge on any atom is -0.481 e. The maximum Gasteiger partial charge on any atom is 0.323 e. The van der Waals surface area contributed by atoms with Gasteiger partial charge in [-0.15, -0.1) is 0 Å². The summed E-state index contributed by atoms with van der Waals surface area (Å²) in [5.74, 6) is -0.241. The van der Waals surface area contributed by atoms with E-state index in [9.17, 15) is 9.59 Å². The number of carboxylic acid groups (broad SMARTS) is 1. The largest absolute Gasteiger partial charge is 0.481 e. The van der Waals surface area contributed by atoms with Crippen molar-refractivity contribution in [1.82, 2.24) is 5.32 Å². The molecule has 1 aromatic carbocycles. The van der Waals surface area contributed by atoms with Crippen LogP contribution in [0.15, 0.2) is 36.0 Å². The van der Waals surface area contributed by atoms with Gasteiger partial charge in [-0.3, -0.25) is 4.79 Å². The molecule has 0 saturated heterocycles. The Morgan fingerprint density at radius 3 is 2.50 bits per heavy atom. The summed E-state index contributed by atoms with van der Waals surface area (Å²) >= 11 is 0. The van der Waals surface area contributed by atoms with Crippen LogP contribution >= 0.6 is 0 Å². The summed E-state index contributed by atoms with van der Waals surface area (Å²) in [4.78, 5) is 22.2. The molecule has 1 fully saturated rings. The van der Waals surface area contributed by atoms with Crippen molar-refractivity contribution in [2.75, 3.05) is 5.32 Å². The zero-order valence-electron chi connectivity index (χ0n) is 11.3. The van der Waals surface area contributed by atoms with E-state index in [1.165, 1.54) is 18.4 Å². The molecule has 0 spiro atoms.